The van der Waals surface area contributed by atoms with Gasteiger partial charge in [-0.2, -0.15) is 0 Å². The molecule has 1 fully saturated rings. The van der Waals surface area contributed by atoms with Crippen LogP contribution < -0.4 is 10.5 Å². The van der Waals surface area contributed by atoms with Crippen molar-refractivity contribution in [2.75, 3.05) is 13.7 Å². The average molecular weight is 262 g/mol. The molecule has 2 atom stereocenters. The number of amides is 1. The molecule has 0 saturated carbocycles. The smallest absolute Gasteiger partial charge is 0.227 e. The summed E-state index contributed by atoms with van der Waals surface area (Å²) in [4.78, 5) is 14.3. The third-order valence-corrected chi connectivity index (χ3v) is 3.86. The van der Waals surface area contributed by atoms with Crippen LogP contribution >= 0.6 is 0 Å². The van der Waals surface area contributed by atoms with Crippen LogP contribution in [-0.2, 0) is 11.2 Å². The molecule has 1 aromatic carbocycles. The zero-order valence-electron chi connectivity index (χ0n) is 11.6. The minimum Gasteiger partial charge on any atom is -0.497 e. The number of likely N-dealkylation sites (tertiary alicyclic amines) is 1. The molecule has 0 aliphatic carbocycles. The van der Waals surface area contributed by atoms with Crippen LogP contribution in [-0.4, -0.2) is 36.5 Å². The second-order valence-electron chi connectivity index (χ2n) is 5.16. The number of benzene rings is 1. The Morgan fingerprint density at radius 3 is 3.05 bits per heavy atom. The van der Waals surface area contributed by atoms with E-state index in [1.54, 1.807) is 7.11 Å². The maximum Gasteiger partial charge on any atom is 0.227 e. The summed E-state index contributed by atoms with van der Waals surface area (Å²) in [6, 6.07) is 7.89. The van der Waals surface area contributed by atoms with E-state index < -0.39 is 0 Å². The van der Waals surface area contributed by atoms with Crippen LogP contribution in [0.2, 0.25) is 0 Å². The molecule has 4 nitrogen and oxygen atoms in total. The zero-order chi connectivity index (χ0) is 13.8. The van der Waals surface area contributed by atoms with Crippen molar-refractivity contribution in [1.29, 1.82) is 0 Å². The molecule has 2 rings (SSSR count). The Balaban J connectivity index is 2.03. The van der Waals surface area contributed by atoms with Crippen LogP contribution in [0.4, 0.5) is 0 Å². The zero-order valence-corrected chi connectivity index (χ0v) is 11.6. The first-order valence-electron chi connectivity index (χ1n) is 6.80. The lowest BCUT2D eigenvalue weighted by Gasteiger charge is -2.37. The molecule has 0 bridgehead atoms. The maximum absolute atomic E-state index is 12.4. The standard InChI is InChI=1S/C15H22N2O2/c1-11-14(16)7-4-8-17(11)15(18)10-12-5-3-6-13(9-12)19-2/h3,5-6,9,11,14H,4,7-8,10,16H2,1-2H3/t11-,14-/m1/s1. The Kier molecular flexibility index (Phi) is 4.43. The molecule has 1 amide bonds. The largest absolute Gasteiger partial charge is 0.497 e. The summed E-state index contributed by atoms with van der Waals surface area (Å²) in [5.41, 5.74) is 7.01. The van der Waals surface area contributed by atoms with Gasteiger partial charge in [-0.1, -0.05) is 12.1 Å². The Hall–Kier alpha value is -1.55. The fourth-order valence-corrected chi connectivity index (χ4v) is 2.58. The van der Waals surface area contributed by atoms with Crippen LogP contribution in [0.5, 0.6) is 5.75 Å². The van der Waals surface area contributed by atoms with E-state index in [-0.39, 0.29) is 18.0 Å². The summed E-state index contributed by atoms with van der Waals surface area (Å²) in [7, 11) is 1.63. The predicted octanol–water partition coefficient (Wildman–Crippen LogP) is 1.58. The van der Waals surface area contributed by atoms with Gasteiger partial charge in [0.2, 0.25) is 5.91 Å². The van der Waals surface area contributed by atoms with Crippen LogP contribution in [0, 0.1) is 0 Å². The highest BCUT2D eigenvalue weighted by Crippen LogP contribution is 2.18. The van der Waals surface area contributed by atoms with Gasteiger partial charge in [0, 0.05) is 18.6 Å². The normalized spacial score (nSPS) is 23.2. The SMILES string of the molecule is COc1cccc(CC(=O)N2CCC[C@@H](N)[C@H]2C)c1. The summed E-state index contributed by atoms with van der Waals surface area (Å²) in [6.07, 6.45) is 2.41. The van der Waals surface area contributed by atoms with Gasteiger partial charge in [0.05, 0.1) is 13.5 Å². The van der Waals surface area contributed by atoms with E-state index in [9.17, 15) is 4.79 Å². The number of carbonyl (C=O) groups excluding carboxylic acids is 1. The van der Waals surface area contributed by atoms with E-state index >= 15 is 0 Å². The summed E-state index contributed by atoms with van der Waals surface area (Å²) >= 11 is 0. The predicted molar refractivity (Wildman–Crippen MR) is 75.1 cm³/mol. The highest BCUT2D eigenvalue weighted by Gasteiger charge is 2.28. The number of nitrogens with two attached hydrogens (primary N) is 1. The van der Waals surface area contributed by atoms with Crippen molar-refractivity contribution in [3.05, 3.63) is 29.8 Å². The van der Waals surface area contributed by atoms with Crippen molar-refractivity contribution in [2.24, 2.45) is 5.73 Å². The Morgan fingerprint density at radius 1 is 1.53 bits per heavy atom. The molecule has 1 heterocycles. The Morgan fingerprint density at radius 2 is 2.32 bits per heavy atom. The van der Waals surface area contributed by atoms with E-state index in [0.29, 0.717) is 6.42 Å². The first-order valence-corrected chi connectivity index (χ1v) is 6.80. The Bertz CT molecular complexity index is 448. The summed E-state index contributed by atoms with van der Waals surface area (Å²) in [5.74, 6) is 0.935. The monoisotopic (exact) mass is 262 g/mol. The summed E-state index contributed by atoms with van der Waals surface area (Å²) in [5, 5.41) is 0. The van der Waals surface area contributed by atoms with Gasteiger partial charge in [0.15, 0.2) is 0 Å². The van der Waals surface area contributed by atoms with Gasteiger partial charge in [0.1, 0.15) is 5.75 Å². The lowest BCUT2D eigenvalue weighted by Crippen LogP contribution is -2.53. The van der Waals surface area contributed by atoms with Crippen molar-refractivity contribution < 1.29 is 9.53 Å². The number of hydrogen-bond donors (Lipinski definition) is 1. The fraction of sp³-hybridized carbons (Fsp3) is 0.533. The van der Waals surface area contributed by atoms with Gasteiger partial charge >= 0.3 is 0 Å². The second kappa shape index (κ2) is 6.06. The van der Waals surface area contributed by atoms with Gasteiger partial charge in [0.25, 0.3) is 0 Å². The van der Waals surface area contributed by atoms with Crippen LogP contribution in [0.15, 0.2) is 24.3 Å². The molecular formula is C15H22N2O2. The molecule has 1 aliphatic heterocycles. The van der Waals surface area contributed by atoms with Crippen molar-refractivity contribution >= 4 is 5.91 Å². The first kappa shape index (κ1) is 13.9. The summed E-state index contributed by atoms with van der Waals surface area (Å²) < 4.78 is 5.18. The molecular weight excluding hydrogens is 240 g/mol. The van der Waals surface area contributed by atoms with Gasteiger partial charge < -0.3 is 15.4 Å². The number of ether oxygens (including phenoxy) is 1. The quantitative estimate of drug-likeness (QED) is 0.899. The van der Waals surface area contributed by atoms with Gasteiger partial charge in [-0.25, -0.2) is 0 Å². The molecule has 0 unspecified atom stereocenters. The van der Waals surface area contributed by atoms with Gasteiger partial charge in [-0.15, -0.1) is 0 Å². The first-order chi connectivity index (χ1) is 9.11. The molecule has 104 valence electrons. The van der Waals surface area contributed by atoms with Crippen molar-refractivity contribution in [3.8, 4) is 5.75 Å². The molecule has 1 saturated heterocycles. The topological polar surface area (TPSA) is 55.6 Å². The lowest BCUT2D eigenvalue weighted by atomic mass is 9.97. The van der Waals surface area contributed by atoms with E-state index in [4.69, 9.17) is 10.5 Å². The third-order valence-electron chi connectivity index (χ3n) is 3.86. The Labute approximate surface area is 114 Å². The van der Waals surface area contributed by atoms with Gasteiger partial charge in [-0.05, 0) is 37.5 Å². The second-order valence-corrected chi connectivity index (χ2v) is 5.16. The fourth-order valence-electron chi connectivity index (χ4n) is 2.58. The molecule has 0 spiro atoms. The lowest BCUT2D eigenvalue weighted by molar-refractivity contribution is -0.134. The number of carbonyl (C=O) groups is 1. The number of methoxy groups -OCH3 is 1. The number of hydrogen-bond acceptors (Lipinski definition) is 3. The van der Waals surface area contributed by atoms with Crippen molar-refractivity contribution in [3.63, 3.8) is 0 Å². The maximum atomic E-state index is 12.4. The van der Waals surface area contributed by atoms with E-state index in [0.717, 1.165) is 30.7 Å². The molecule has 0 aromatic heterocycles. The number of rotatable bonds is 3. The average Bonchev–Trinajstić information content (AvgIpc) is 2.42. The summed E-state index contributed by atoms with van der Waals surface area (Å²) in [6.45, 7) is 2.85. The van der Waals surface area contributed by atoms with Crippen molar-refractivity contribution in [1.82, 2.24) is 4.90 Å². The number of nitrogens with zero attached hydrogens (tertiary/aromatic N) is 1. The highest BCUT2D eigenvalue weighted by molar-refractivity contribution is 5.79. The van der Waals surface area contributed by atoms with Crippen LogP contribution in [0.1, 0.15) is 25.3 Å². The molecule has 4 heteroatoms. The van der Waals surface area contributed by atoms with Gasteiger partial charge in [-0.3, -0.25) is 4.79 Å². The minimum atomic E-state index is 0.100. The number of piperidine rings is 1. The highest BCUT2D eigenvalue weighted by atomic mass is 16.5. The van der Waals surface area contributed by atoms with E-state index in [2.05, 4.69) is 0 Å². The molecule has 2 N–H and O–H groups in total. The molecule has 19 heavy (non-hydrogen) atoms. The van der Waals surface area contributed by atoms with Crippen LogP contribution in [0.3, 0.4) is 0 Å². The van der Waals surface area contributed by atoms with E-state index in [1.165, 1.54) is 0 Å². The van der Waals surface area contributed by atoms with Crippen molar-refractivity contribution in [2.45, 2.75) is 38.3 Å². The molecule has 1 aliphatic rings. The third kappa shape index (κ3) is 3.26. The minimum absolute atomic E-state index is 0.100. The molecule has 1 aromatic rings. The molecule has 0 radical (unpaired) electrons. The van der Waals surface area contributed by atoms with Crippen LogP contribution in [0.25, 0.3) is 0 Å². The van der Waals surface area contributed by atoms with E-state index in [1.807, 2.05) is 36.1 Å².